The summed E-state index contributed by atoms with van der Waals surface area (Å²) in [5.74, 6) is -0.455. The standard InChI is InChI=1S/C12H11N3O2S2/c1-14(6-8-2-4-18-7-8)10-9(11(16)17)15-3-5-19-12(15)13-10/h2-5,7H,6H2,1H3,(H,16,17). The predicted molar refractivity (Wildman–Crippen MR) is 76.5 cm³/mol. The van der Waals surface area contributed by atoms with Crippen LogP contribution in [0.15, 0.2) is 28.4 Å². The molecule has 3 aromatic heterocycles. The Morgan fingerprint density at radius 3 is 3.05 bits per heavy atom. The van der Waals surface area contributed by atoms with Crippen molar-refractivity contribution in [1.29, 1.82) is 0 Å². The van der Waals surface area contributed by atoms with Gasteiger partial charge in [0, 0.05) is 25.2 Å². The van der Waals surface area contributed by atoms with Crippen molar-refractivity contribution in [2.75, 3.05) is 11.9 Å². The second-order valence-electron chi connectivity index (χ2n) is 4.13. The predicted octanol–water partition coefficient (Wildman–Crippen LogP) is 2.79. The molecule has 7 heteroatoms. The molecule has 3 aromatic rings. The summed E-state index contributed by atoms with van der Waals surface area (Å²) in [4.78, 5) is 18.4. The van der Waals surface area contributed by atoms with Crippen LogP contribution in [0.3, 0.4) is 0 Å². The van der Waals surface area contributed by atoms with Crippen LogP contribution in [0.5, 0.6) is 0 Å². The largest absolute Gasteiger partial charge is 0.476 e. The van der Waals surface area contributed by atoms with Gasteiger partial charge in [0.15, 0.2) is 16.5 Å². The molecular formula is C12H11N3O2S2. The number of thiophene rings is 1. The van der Waals surface area contributed by atoms with Gasteiger partial charge in [0.05, 0.1) is 0 Å². The van der Waals surface area contributed by atoms with Crippen molar-refractivity contribution in [1.82, 2.24) is 9.38 Å². The van der Waals surface area contributed by atoms with E-state index in [4.69, 9.17) is 0 Å². The number of rotatable bonds is 4. The summed E-state index contributed by atoms with van der Waals surface area (Å²) in [6.45, 7) is 0.647. The number of thiazole rings is 1. The fourth-order valence-electron chi connectivity index (χ4n) is 1.97. The van der Waals surface area contributed by atoms with Crippen molar-refractivity contribution in [3.63, 3.8) is 0 Å². The maximum Gasteiger partial charge on any atom is 0.356 e. The molecule has 0 fully saturated rings. The third kappa shape index (κ3) is 2.11. The van der Waals surface area contributed by atoms with E-state index in [-0.39, 0.29) is 5.69 Å². The Labute approximate surface area is 117 Å². The van der Waals surface area contributed by atoms with Gasteiger partial charge in [-0.15, -0.1) is 11.3 Å². The number of aromatic carboxylic acids is 1. The fraction of sp³-hybridized carbons (Fsp3) is 0.167. The summed E-state index contributed by atoms with van der Waals surface area (Å²) >= 11 is 3.06. The van der Waals surface area contributed by atoms with Gasteiger partial charge in [-0.2, -0.15) is 11.3 Å². The Bertz CT molecular complexity index is 715. The molecule has 0 saturated carbocycles. The van der Waals surface area contributed by atoms with Crippen LogP contribution in [-0.2, 0) is 6.54 Å². The van der Waals surface area contributed by atoms with Gasteiger partial charge in [-0.1, -0.05) is 0 Å². The number of fused-ring (bicyclic) bond motifs is 1. The molecule has 0 aliphatic heterocycles. The van der Waals surface area contributed by atoms with Gasteiger partial charge in [0.1, 0.15) is 0 Å². The lowest BCUT2D eigenvalue weighted by Crippen LogP contribution is -2.19. The number of anilines is 1. The molecule has 0 amide bonds. The zero-order valence-electron chi connectivity index (χ0n) is 10.1. The van der Waals surface area contributed by atoms with E-state index in [0.29, 0.717) is 17.3 Å². The van der Waals surface area contributed by atoms with Crippen LogP contribution in [0.1, 0.15) is 16.1 Å². The second-order valence-corrected chi connectivity index (χ2v) is 5.79. The molecular weight excluding hydrogens is 282 g/mol. The molecule has 0 radical (unpaired) electrons. The van der Waals surface area contributed by atoms with Crippen molar-refractivity contribution in [3.05, 3.63) is 39.7 Å². The van der Waals surface area contributed by atoms with Gasteiger partial charge in [0.25, 0.3) is 0 Å². The average molecular weight is 293 g/mol. The third-order valence-corrected chi connectivity index (χ3v) is 4.30. The first-order chi connectivity index (χ1) is 9.16. The lowest BCUT2D eigenvalue weighted by Gasteiger charge is -2.16. The first-order valence-electron chi connectivity index (χ1n) is 5.58. The smallest absolute Gasteiger partial charge is 0.356 e. The third-order valence-electron chi connectivity index (χ3n) is 2.81. The molecule has 0 aliphatic rings. The molecule has 0 bridgehead atoms. The van der Waals surface area contributed by atoms with E-state index in [1.54, 1.807) is 21.9 Å². The molecule has 1 N–H and O–H groups in total. The summed E-state index contributed by atoms with van der Waals surface area (Å²) in [6.07, 6.45) is 1.73. The highest BCUT2D eigenvalue weighted by molar-refractivity contribution is 7.15. The summed E-state index contributed by atoms with van der Waals surface area (Å²) < 4.78 is 1.62. The molecule has 0 saturated heterocycles. The van der Waals surface area contributed by atoms with Crippen LogP contribution in [-0.4, -0.2) is 27.5 Å². The van der Waals surface area contributed by atoms with Crippen molar-refractivity contribution in [3.8, 4) is 0 Å². The molecule has 0 spiro atoms. The highest BCUT2D eigenvalue weighted by Crippen LogP contribution is 2.25. The van der Waals surface area contributed by atoms with Crippen molar-refractivity contribution in [2.45, 2.75) is 6.54 Å². The second kappa shape index (κ2) is 4.67. The SMILES string of the molecule is CN(Cc1ccsc1)c1nc2sccn2c1C(=O)O. The van der Waals surface area contributed by atoms with Gasteiger partial charge < -0.3 is 10.0 Å². The van der Waals surface area contributed by atoms with Gasteiger partial charge in [-0.3, -0.25) is 4.40 Å². The summed E-state index contributed by atoms with van der Waals surface area (Å²) in [5, 5.41) is 15.3. The number of imidazole rings is 1. The minimum absolute atomic E-state index is 0.217. The summed E-state index contributed by atoms with van der Waals surface area (Å²) in [6, 6.07) is 2.03. The number of carbonyl (C=O) groups is 1. The Morgan fingerprint density at radius 2 is 2.37 bits per heavy atom. The Morgan fingerprint density at radius 1 is 1.53 bits per heavy atom. The molecule has 3 heterocycles. The molecule has 0 atom stereocenters. The normalized spacial score (nSPS) is 11.0. The number of carboxylic acid groups (broad SMARTS) is 1. The van der Waals surface area contributed by atoms with Gasteiger partial charge in [0.2, 0.25) is 0 Å². The lowest BCUT2D eigenvalue weighted by atomic mass is 10.3. The van der Waals surface area contributed by atoms with Gasteiger partial charge >= 0.3 is 5.97 Å². The maximum absolute atomic E-state index is 11.4. The molecule has 98 valence electrons. The molecule has 3 rings (SSSR count). The molecule has 5 nitrogen and oxygen atoms in total. The number of hydrogen-bond acceptors (Lipinski definition) is 5. The summed E-state index contributed by atoms with van der Waals surface area (Å²) in [5.41, 5.74) is 1.37. The van der Waals surface area contributed by atoms with Crippen molar-refractivity contribution >= 4 is 39.4 Å². The van der Waals surface area contributed by atoms with Crippen LogP contribution in [0.2, 0.25) is 0 Å². The monoisotopic (exact) mass is 293 g/mol. The van der Waals surface area contributed by atoms with Gasteiger partial charge in [-0.25, -0.2) is 9.78 Å². The van der Waals surface area contributed by atoms with Gasteiger partial charge in [-0.05, 0) is 22.4 Å². The maximum atomic E-state index is 11.4. The van der Waals surface area contributed by atoms with Crippen molar-refractivity contribution in [2.24, 2.45) is 0 Å². The fourth-order valence-corrected chi connectivity index (χ4v) is 3.34. The van der Waals surface area contributed by atoms with E-state index >= 15 is 0 Å². The van der Waals surface area contributed by atoms with Crippen LogP contribution in [0.25, 0.3) is 4.96 Å². The zero-order chi connectivity index (χ0) is 13.4. The van der Waals surface area contributed by atoms with E-state index in [0.717, 1.165) is 5.56 Å². The molecule has 0 unspecified atom stereocenters. The summed E-state index contributed by atoms with van der Waals surface area (Å²) in [7, 11) is 1.86. The van der Waals surface area contributed by atoms with Crippen LogP contribution in [0.4, 0.5) is 5.82 Å². The van der Waals surface area contributed by atoms with E-state index in [9.17, 15) is 9.90 Å². The Kier molecular flexibility index (Phi) is 3.00. The lowest BCUT2D eigenvalue weighted by molar-refractivity contribution is 0.0690. The number of hydrogen-bond donors (Lipinski definition) is 1. The minimum atomic E-state index is -0.960. The van der Waals surface area contributed by atoms with E-state index in [2.05, 4.69) is 10.4 Å². The van der Waals surface area contributed by atoms with E-state index in [1.807, 2.05) is 28.8 Å². The van der Waals surface area contributed by atoms with Crippen molar-refractivity contribution < 1.29 is 9.90 Å². The molecule has 19 heavy (non-hydrogen) atoms. The average Bonchev–Trinajstić information content (AvgIpc) is 3.02. The topological polar surface area (TPSA) is 57.8 Å². The van der Waals surface area contributed by atoms with Crippen LogP contribution in [0, 0.1) is 0 Å². The quantitative estimate of drug-likeness (QED) is 0.803. The number of aromatic nitrogens is 2. The molecule has 0 aromatic carbocycles. The number of nitrogens with zero attached hydrogens (tertiary/aromatic N) is 3. The number of carboxylic acids is 1. The highest BCUT2D eigenvalue weighted by atomic mass is 32.1. The van der Waals surface area contributed by atoms with E-state index in [1.165, 1.54) is 11.3 Å². The van der Waals surface area contributed by atoms with E-state index < -0.39 is 5.97 Å². The first kappa shape index (κ1) is 12.2. The zero-order valence-corrected chi connectivity index (χ0v) is 11.7. The highest BCUT2D eigenvalue weighted by Gasteiger charge is 2.22. The van der Waals surface area contributed by atoms with Crippen LogP contribution < -0.4 is 4.90 Å². The first-order valence-corrected chi connectivity index (χ1v) is 7.40. The minimum Gasteiger partial charge on any atom is -0.476 e. The Hall–Kier alpha value is -1.86. The Balaban J connectivity index is 2.01. The van der Waals surface area contributed by atoms with Crippen LogP contribution >= 0.6 is 22.7 Å². The molecule has 0 aliphatic carbocycles.